The number of carbonyl (C=O) groups excluding carboxylic acids is 2. The van der Waals surface area contributed by atoms with E-state index in [1.807, 2.05) is 18.1 Å². The van der Waals surface area contributed by atoms with E-state index in [2.05, 4.69) is 20.3 Å². The maximum absolute atomic E-state index is 12.6. The average Bonchev–Trinajstić information content (AvgIpc) is 3.17. The normalized spacial score (nSPS) is 18.8. The molecule has 2 fully saturated rings. The first-order valence-corrected chi connectivity index (χ1v) is 10.7. The van der Waals surface area contributed by atoms with Gasteiger partial charge in [-0.3, -0.25) is 19.3 Å². The number of amides is 2. The molecule has 174 valence electrons. The lowest BCUT2D eigenvalue weighted by Gasteiger charge is -2.35. The average molecular weight is 546 g/mol. The number of carbonyl (C=O) groups is 2. The Bertz CT molecular complexity index is 760. The number of halogens is 1. The standard InChI is InChI=1S/C20H34N8O2.HI/c1-22-20(23-7-3-4-8-26-9-5-16(6-10-26)19(21)30)27-11-12-28(18(29)15-27)17-13-24-25(2)14-17;/h13-14,16H,3-12,15H2,1-2H3,(H2,21,30)(H,22,23);1H. The number of rotatable bonds is 7. The van der Waals surface area contributed by atoms with Crippen LogP contribution in [0, 0.1) is 5.92 Å². The molecule has 2 aliphatic heterocycles. The van der Waals surface area contributed by atoms with Gasteiger partial charge in [0.2, 0.25) is 11.8 Å². The van der Waals surface area contributed by atoms with Crippen LogP contribution < -0.4 is 16.0 Å². The van der Waals surface area contributed by atoms with E-state index in [0.29, 0.717) is 13.1 Å². The fourth-order valence-electron chi connectivity index (χ4n) is 4.11. The molecule has 3 rings (SSSR count). The molecule has 11 heteroatoms. The number of hydrogen-bond acceptors (Lipinski definition) is 5. The van der Waals surface area contributed by atoms with Gasteiger partial charge in [-0.2, -0.15) is 5.10 Å². The van der Waals surface area contributed by atoms with Crippen molar-refractivity contribution < 1.29 is 9.59 Å². The van der Waals surface area contributed by atoms with E-state index < -0.39 is 0 Å². The zero-order valence-corrected chi connectivity index (χ0v) is 20.8. The lowest BCUT2D eigenvalue weighted by Crippen LogP contribution is -2.55. The van der Waals surface area contributed by atoms with Crippen LogP contribution >= 0.6 is 24.0 Å². The minimum Gasteiger partial charge on any atom is -0.369 e. The first-order valence-electron chi connectivity index (χ1n) is 10.7. The van der Waals surface area contributed by atoms with Crippen LogP contribution in [0.2, 0.25) is 0 Å². The van der Waals surface area contributed by atoms with Crippen molar-refractivity contribution >= 4 is 47.4 Å². The number of aromatic nitrogens is 2. The summed E-state index contributed by atoms with van der Waals surface area (Å²) in [6.07, 6.45) is 7.43. The Labute approximate surface area is 201 Å². The van der Waals surface area contributed by atoms with E-state index in [1.165, 1.54) is 0 Å². The Morgan fingerprint density at radius 2 is 2.00 bits per heavy atom. The summed E-state index contributed by atoms with van der Waals surface area (Å²) in [5.41, 5.74) is 6.23. The predicted octanol–water partition coefficient (Wildman–Crippen LogP) is 0.240. The van der Waals surface area contributed by atoms with Gasteiger partial charge < -0.3 is 25.8 Å². The minimum absolute atomic E-state index is 0. The molecule has 0 atom stereocenters. The van der Waals surface area contributed by atoms with Crippen LogP contribution in [0.5, 0.6) is 0 Å². The van der Waals surface area contributed by atoms with Gasteiger partial charge in [-0.15, -0.1) is 24.0 Å². The van der Waals surface area contributed by atoms with Crippen molar-refractivity contribution in [3.8, 4) is 0 Å². The summed E-state index contributed by atoms with van der Waals surface area (Å²) in [5.74, 6) is 0.713. The number of hydrogen-bond donors (Lipinski definition) is 2. The molecule has 1 aromatic rings. The maximum Gasteiger partial charge on any atom is 0.246 e. The zero-order chi connectivity index (χ0) is 21.5. The number of unbranched alkanes of at least 4 members (excludes halogenated alkanes) is 1. The molecule has 0 aromatic carbocycles. The Morgan fingerprint density at radius 1 is 1.26 bits per heavy atom. The first kappa shape index (κ1) is 25.4. The van der Waals surface area contributed by atoms with E-state index in [-0.39, 0.29) is 41.7 Å². The highest BCUT2D eigenvalue weighted by Gasteiger charge is 2.27. The molecule has 0 bridgehead atoms. The molecule has 1 aromatic heterocycles. The predicted molar refractivity (Wildman–Crippen MR) is 132 cm³/mol. The lowest BCUT2D eigenvalue weighted by molar-refractivity contribution is -0.123. The molecular weight excluding hydrogens is 511 g/mol. The largest absolute Gasteiger partial charge is 0.369 e. The molecule has 2 amide bonds. The zero-order valence-electron chi connectivity index (χ0n) is 18.5. The molecule has 10 nitrogen and oxygen atoms in total. The van der Waals surface area contributed by atoms with Gasteiger partial charge in [0.15, 0.2) is 5.96 Å². The van der Waals surface area contributed by atoms with Crippen molar-refractivity contribution in [3.05, 3.63) is 12.4 Å². The van der Waals surface area contributed by atoms with E-state index in [1.54, 1.807) is 22.8 Å². The smallest absolute Gasteiger partial charge is 0.246 e. The summed E-state index contributed by atoms with van der Waals surface area (Å²) in [4.78, 5) is 34.4. The SMILES string of the molecule is CN=C(NCCCCN1CCC(C(N)=O)CC1)N1CCN(c2cnn(C)c2)C(=O)C1.I. The van der Waals surface area contributed by atoms with Crippen molar-refractivity contribution in [3.63, 3.8) is 0 Å². The van der Waals surface area contributed by atoms with Crippen molar-refractivity contribution in [1.29, 1.82) is 0 Å². The molecule has 2 saturated heterocycles. The number of nitrogens with two attached hydrogens (primary N) is 1. The molecule has 3 heterocycles. The second kappa shape index (κ2) is 12.2. The molecule has 31 heavy (non-hydrogen) atoms. The fourth-order valence-corrected chi connectivity index (χ4v) is 4.11. The summed E-state index contributed by atoms with van der Waals surface area (Å²) in [6, 6.07) is 0. The number of nitrogens with one attached hydrogen (secondary N) is 1. The van der Waals surface area contributed by atoms with Gasteiger partial charge in [0.05, 0.1) is 11.9 Å². The van der Waals surface area contributed by atoms with Crippen LogP contribution in [-0.2, 0) is 16.6 Å². The number of nitrogens with zero attached hydrogens (tertiary/aromatic N) is 6. The summed E-state index contributed by atoms with van der Waals surface area (Å²) in [7, 11) is 3.60. The maximum atomic E-state index is 12.6. The number of primary amides is 1. The molecule has 0 saturated carbocycles. The second-order valence-electron chi connectivity index (χ2n) is 8.04. The summed E-state index contributed by atoms with van der Waals surface area (Å²) in [6.45, 7) is 5.42. The van der Waals surface area contributed by atoms with Crippen LogP contribution in [0.1, 0.15) is 25.7 Å². The van der Waals surface area contributed by atoms with Gasteiger partial charge in [-0.05, 0) is 45.3 Å². The van der Waals surface area contributed by atoms with Gasteiger partial charge in [0.1, 0.15) is 6.54 Å². The van der Waals surface area contributed by atoms with Crippen LogP contribution in [0.25, 0.3) is 0 Å². The van der Waals surface area contributed by atoms with Crippen molar-refractivity contribution in [2.75, 3.05) is 57.8 Å². The third kappa shape index (κ3) is 7.06. The lowest BCUT2D eigenvalue weighted by atomic mass is 9.96. The molecule has 2 aliphatic rings. The van der Waals surface area contributed by atoms with Gasteiger partial charge >= 0.3 is 0 Å². The van der Waals surface area contributed by atoms with E-state index in [4.69, 9.17) is 5.73 Å². The highest BCUT2D eigenvalue weighted by Crippen LogP contribution is 2.17. The first-order chi connectivity index (χ1) is 14.5. The van der Waals surface area contributed by atoms with Crippen LogP contribution in [-0.4, -0.2) is 90.2 Å². The number of piperazine rings is 1. The topological polar surface area (TPSA) is 112 Å². The number of likely N-dealkylation sites (tertiary alicyclic amines) is 1. The molecular formula is C20H35IN8O2. The second-order valence-corrected chi connectivity index (χ2v) is 8.04. The fraction of sp³-hybridized carbons (Fsp3) is 0.700. The molecule has 0 spiro atoms. The van der Waals surface area contributed by atoms with Gasteiger partial charge in [-0.25, -0.2) is 0 Å². The van der Waals surface area contributed by atoms with Crippen molar-refractivity contribution in [2.24, 2.45) is 23.7 Å². The number of piperidine rings is 1. The number of aryl methyl sites for hydroxylation is 1. The van der Waals surface area contributed by atoms with Gasteiger partial charge in [0, 0.05) is 45.8 Å². The molecule has 3 N–H and O–H groups in total. The highest BCUT2D eigenvalue weighted by molar-refractivity contribution is 14.0. The van der Waals surface area contributed by atoms with Crippen LogP contribution in [0.4, 0.5) is 5.69 Å². The monoisotopic (exact) mass is 546 g/mol. The molecule has 0 unspecified atom stereocenters. The van der Waals surface area contributed by atoms with E-state index in [9.17, 15) is 9.59 Å². The quantitative estimate of drug-likeness (QED) is 0.220. The Morgan fingerprint density at radius 3 is 2.58 bits per heavy atom. The Balaban J connectivity index is 0.00000341. The third-order valence-electron chi connectivity index (χ3n) is 5.91. The third-order valence-corrected chi connectivity index (χ3v) is 5.91. The summed E-state index contributed by atoms with van der Waals surface area (Å²) >= 11 is 0. The molecule has 0 aliphatic carbocycles. The molecule has 0 radical (unpaired) electrons. The summed E-state index contributed by atoms with van der Waals surface area (Å²) in [5, 5.41) is 7.54. The minimum atomic E-state index is -0.162. The van der Waals surface area contributed by atoms with E-state index in [0.717, 1.165) is 70.1 Å². The summed E-state index contributed by atoms with van der Waals surface area (Å²) < 4.78 is 1.70. The number of anilines is 1. The van der Waals surface area contributed by atoms with E-state index >= 15 is 0 Å². The Hall–Kier alpha value is -1.89. The number of guanidine groups is 1. The van der Waals surface area contributed by atoms with Crippen LogP contribution in [0.3, 0.4) is 0 Å². The van der Waals surface area contributed by atoms with Crippen LogP contribution in [0.15, 0.2) is 17.4 Å². The van der Waals surface area contributed by atoms with Crippen molar-refractivity contribution in [2.45, 2.75) is 25.7 Å². The number of aliphatic imine (C=N–C) groups is 1. The Kier molecular flexibility index (Phi) is 10.0. The van der Waals surface area contributed by atoms with Gasteiger partial charge in [0.25, 0.3) is 0 Å². The highest BCUT2D eigenvalue weighted by atomic mass is 127. The van der Waals surface area contributed by atoms with Gasteiger partial charge in [-0.1, -0.05) is 0 Å². The van der Waals surface area contributed by atoms with Crippen molar-refractivity contribution in [1.82, 2.24) is 24.9 Å².